The van der Waals surface area contributed by atoms with Crippen LogP contribution in [0.2, 0.25) is 0 Å². The van der Waals surface area contributed by atoms with Gasteiger partial charge in [-0.3, -0.25) is 0 Å². The van der Waals surface area contributed by atoms with Crippen LogP contribution in [0.5, 0.6) is 0 Å². The second kappa shape index (κ2) is 3.18. The molecule has 0 atom stereocenters. The highest BCUT2D eigenvalue weighted by atomic mass is 16.3. The molecule has 1 aromatic heterocycles. The van der Waals surface area contributed by atoms with Gasteiger partial charge in [0.15, 0.2) is 0 Å². The Balaban J connectivity index is 3.29. The SMILES string of the molecule is Cc1cc(CO)c(C)n1C(C)(C)C. The molecule has 0 saturated heterocycles. The van der Waals surface area contributed by atoms with Gasteiger partial charge < -0.3 is 9.67 Å². The van der Waals surface area contributed by atoms with Crippen LogP contribution in [0, 0.1) is 13.8 Å². The Bertz CT molecular complexity index is 305. The van der Waals surface area contributed by atoms with Crippen LogP contribution in [-0.2, 0) is 12.1 Å². The predicted molar refractivity (Wildman–Crippen MR) is 54.8 cm³/mol. The Labute approximate surface area is 80.2 Å². The minimum Gasteiger partial charge on any atom is -0.392 e. The molecule has 1 aromatic rings. The molecule has 0 bridgehead atoms. The first-order valence-corrected chi connectivity index (χ1v) is 4.67. The zero-order valence-electron chi connectivity index (χ0n) is 9.18. The van der Waals surface area contributed by atoms with Crippen molar-refractivity contribution in [2.45, 2.75) is 46.8 Å². The Morgan fingerprint density at radius 1 is 1.31 bits per heavy atom. The summed E-state index contributed by atoms with van der Waals surface area (Å²) in [7, 11) is 0. The molecule has 0 aliphatic rings. The number of aryl methyl sites for hydroxylation is 1. The summed E-state index contributed by atoms with van der Waals surface area (Å²) >= 11 is 0. The van der Waals surface area contributed by atoms with Gasteiger partial charge in [-0.25, -0.2) is 0 Å². The molecular formula is C11H19NO. The van der Waals surface area contributed by atoms with Gasteiger partial charge in [-0.05, 0) is 46.2 Å². The lowest BCUT2D eigenvalue weighted by atomic mass is 10.1. The van der Waals surface area contributed by atoms with Gasteiger partial charge in [-0.15, -0.1) is 0 Å². The van der Waals surface area contributed by atoms with Gasteiger partial charge in [0.05, 0.1) is 6.61 Å². The highest BCUT2D eigenvalue weighted by Gasteiger charge is 2.18. The summed E-state index contributed by atoms with van der Waals surface area (Å²) in [5.74, 6) is 0. The van der Waals surface area contributed by atoms with E-state index in [-0.39, 0.29) is 12.1 Å². The van der Waals surface area contributed by atoms with Gasteiger partial charge in [0.25, 0.3) is 0 Å². The van der Waals surface area contributed by atoms with Crippen molar-refractivity contribution in [3.8, 4) is 0 Å². The number of nitrogens with zero attached hydrogens (tertiary/aromatic N) is 1. The van der Waals surface area contributed by atoms with Crippen LogP contribution in [0.1, 0.15) is 37.7 Å². The number of rotatable bonds is 1. The van der Waals surface area contributed by atoms with Crippen LogP contribution in [0.25, 0.3) is 0 Å². The van der Waals surface area contributed by atoms with Crippen LogP contribution in [-0.4, -0.2) is 9.67 Å². The van der Waals surface area contributed by atoms with Crippen LogP contribution in [0.3, 0.4) is 0 Å². The maximum absolute atomic E-state index is 9.11. The molecule has 1 rings (SSSR count). The molecule has 0 aliphatic heterocycles. The second-order valence-electron chi connectivity index (χ2n) is 4.56. The number of aliphatic hydroxyl groups is 1. The largest absolute Gasteiger partial charge is 0.392 e. The third kappa shape index (κ3) is 1.78. The smallest absolute Gasteiger partial charge is 0.0699 e. The molecule has 0 radical (unpaired) electrons. The Morgan fingerprint density at radius 3 is 2.08 bits per heavy atom. The molecule has 0 spiro atoms. The topological polar surface area (TPSA) is 25.2 Å². The standard InChI is InChI=1S/C11H19NO/c1-8-6-10(7-13)9(2)12(8)11(3,4)5/h6,13H,7H2,1-5H3. The van der Waals surface area contributed by atoms with Crippen molar-refractivity contribution in [3.05, 3.63) is 23.0 Å². The molecule has 1 heterocycles. The van der Waals surface area contributed by atoms with E-state index in [9.17, 15) is 0 Å². The summed E-state index contributed by atoms with van der Waals surface area (Å²) < 4.78 is 2.26. The van der Waals surface area contributed by atoms with E-state index >= 15 is 0 Å². The monoisotopic (exact) mass is 181 g/mol. The molecule has 0 aliphatic carbocycles. The average molecular weight is 181 g/mol. The molecular weight excluding hydrogens is 162 g/mol. The summed E-state index contributed by atoms with van der Waals surface area (Å²) in [5.41, 5.74) is 3.52. The first-order chi connectivity index (χ1) is 5.88. The second-order valence-corrected chi connectivity index (χ2v) is 4.56. The van der Waals surface area contributed by atoms with Crippen molar-refractivity contribution in [2.75, 3.05) is 0 Å². The first kappa shape index (κ1) is 10.3. The van der Waals surface area contributed by atoms with E-state index in [1.807, 2.05) is 0 Å². The van der Waals surface area contributed by atoms with Gasteiger partial charge in [0.1, 0.15) is 0 Å². The lowest BCUT2D eigenvalue weighted by Gasteiger charge is -2.25. The van der Waals surface area contributed by atoms with Crippen molar-refractivity contribution in [2.24, 2.45) is 0 Å². The van der Waals surface area contributed by atoms with Crippen LogP contribution < -0.4 is 0 Å². The zero-order chi connectivity index (χ0) is 10.2. The molecule has 0 unspecified atom stereocenters. The van der Waals surface area contributed by atoms with Gasteiger partial charge in [0, 0.05) is 16.9 Å². The molecule has 0 aromatic carbocycles. The fourth-order valence-corrected chi connectivity index (χ4v) is 2.02. The number of aromatic nitrogens is 1. The molecule has 0 fully saturated rings. The Morgan fingerprint density at radius 2 is 1.85 bits per heavy atom. The fraction of sp³-hybridized carbons (Fsp3) is 0.636. The number of aliphatic hydroxyl groups excluding tert-OH is 1. The van der Waals surface area contributed by atoms with E-state index in [0.29, 0.717) is 0 Å². The summed E-state index contributed by atoms with van der Waals surface area (Å²) in [4.78, 5) is 0. The van der Waals surface area contributed by atoms with Crippen molar-refractivity contribution < 1.29 is 5.11 Å². The molecule has 0 amide bonds. The minimum absolute atomic E-state index is 0.0988. The van der Waals surface area contributed by atoms with Crippen LogP contribution >= 0.6 is 0 Å². The van der Waals surface area contributed by atoms with E-state index in [4.69, 9.17) is 5.11 Å². The third-order valence-corrected chi connectivity index (χ3v) is 2.38. The molecule has 13 heavy (non-hydrogen) atoms. The van der Waals surface area contributed by atoms with E-state index in [0.717, 1.165) is 5.56 Å². The lowest BCUT2D eigenvalue weighted by Crippen LogP contribution is -2.24. The van der Waals surface area contributed by atoms with Crippen molar-refractivity contribution in [1.29, 1.82) is 0 Å². The minimum atomic E-state index is 0.0988. The quantitative estimate of drug-likeness (QED) is 0.707. The van der Waals surface area contributed by atoms with Crippen molar-refractivity contribution in [1.82, 2.24) is 4.57 Å². The zero-order valence-corrected chi connectivity index (χ0v) is 9.18. The molecule has 2 nitrogen and oxygen atoms in total. The molecule has 0 saturated carbocycles. The maximum atomic E-state index is 9.11. The summed E-state index contributed by atoms with van der Waals surface area (Å²) in [6, 6.07) is 2.06. The highest BCUT2D eigenvalue weighted by molar-refractivity contribution is 5.27. The van der Waals surface area contributed by atoms with E-state index in [1.165, 1.54) is 11.4 Å². The normalized spacial score (nSPS) is 12.2. The van der Waals surface area contributed by atoms with Crippen molar-refractivity contribution >= 4 is 0 Å². The number of hydrogen-bond acceptors (Lipinski definition) is 1. The van der Waals surface area contributed by atoms with E-state index in [2.05, 4.69) is 45.3 Å². The van der Waals surface area contributed by atoms with Crippen molar-refractivity contribution in [3.63, 3.8) is 0 Å². The predicted octanol–water partition coefficient (Wildman–Crippen LogP) is 2.35. The highest BCUT2D eigenvalue weighted by Crippen LogP contribution is 2.24. The first-order valence-electron chi connectivity index (χ1n) is 4.67. The maximum Gasteiger partial charge on any atom is 0.0699 e. The van der Waals surface area contributed by atoms with E-state index < -0.39 is 0 Å². The van der Waals surface area contributed by atoms with Gasteiger partial charge >= 0.3 is 0 Å². The van der Waals surface area contributed by atoms with Gasteiger partial charge in [-0.2, -0.15) is 0 Å². The van der Waals surface area contributed by atoms with Gasteiger partial charge in [-0.1, -0.05) is 0 Å². The average Bonchev–Trinajstić information content (AvgIpc) is 2.24. The van der Waals surface area contributed by atoms with Gasteiger partial charge in [0.2, 0.25) is 0 Å². The molecule has 1 N–H and O–H groups in total. The van der Waals surface area contributed by atoms with E-state index in [1.54, 1.807) is 0 Å². The Hall–Kier alpha value is -0.760. The van der Waals surface area contributed by atoms with Crippen LogP contribution in [0.4, 0.5) is 0 Å². The lowest BCUT2D eigenvalue weighted by molar-refractivity contribution is 0.279. The summed E-state index contributed by atoms with van der Waals surface area (Å²) in [5, 5.41) is 9.11. The Kier molecular flexibility index (Phi) is 2.53. The summed E-state index contributed by atoms with van der Waals surface area (Å²) in [6.07, 6.45) is 0. The third-order valence-electron chi connectivity index (χ3n) is 2.38. The van der Waals surface area contributed by atoms with Crippen LogP contribution in [0.15, 0.2) is 6.07 Å². The summed E-state index contributed by atoms with van der Waals surface area (Å²) in [6.45, 7) is 10.8. The number of hydrogen-bond donors (Lipinski definition) is 1. The molecule has 2 heteroatoms. The molecule has 74 valence electrons. The fourth-order valence-electron chi connectivity index (χ4n) is 2.02.